The fourth-order valence-electron chi connectivity index (χ4n) is 1.03. The summed E-state index contributed by atoms with van der Waals surface area (Å²) in [5.41, 5.74) is 0. The number of carbonyl (C=O) groups is 1. The number of sulfonamides is 1. The maximum absolute atomic E-state index is 11.6. The molecule has 0 aliphatic rings. The minimum absolute atomic E-state index is 0.0657. The topological polar surface area (TPSA) is 74.7 Å². The zero-order valence-electron chi connectivity index (χ0n) is 8.80. The van der Waals surface area contributed by atoms with Gasteiger partial charge in [0.25, 0.3) is 0 Å². The average molecular weight is 233 g/mol. The summed E-state index contributed by atoms with van der Waals surface area (Å²) in [6.07, 6.45) is 4.98. The van der Waals surface area contributed by atoms with Gasteiger partial charge in [-0.25, -0.2) is 8.42 Å². The summed E-state index contributed by atoms with van der Waals surface area (Å²) in [6.45, 7) is 2.69. The fraction of sp³-hybridized carbons (Fsp3) is 0.667. The Hall–Kier alpha value is -1.06. The van der Waals surface area contributed by atoms with Crippen LogP contribution in [0, 0.1) is 18.3 Å². The van der Waals surface area contributed by atoms with Crippen LogP contribution in [0.4, 0.5) is 0 Å². The summed E-state index contributed by atoms with van der Waals surface area (Å²) >= 11 is 0. The highest BCUT2D eigenvalue weighted by Crippen LogP contribution is 2.06. The first kappa shape index (κ1) is 13.9. The zero-order chi connectivity index (χ0) is 12.1. The largest absolute Gasteiger partial charge is 0.480 e. The van der Waals surface area contributed by atoms with Gasteiger partial charge in [-0.1, -0.05) is 19.8 Å². The van der Waals surface area contributed by atoms with Crippen LogP contribution in [-0.4, -0.2) is 42.6 Å². The molecule has 15 heavy (non-hydrogen) atoms. The molecule has 0 fully saturated rings. The Morgan fingerprint density at radius 3 is 2.40 bits per heavy atom. The number of terminal acetylenes is 1. The number of carboxylic acid groups (broad SMARTS) is 1. The quantitative estimate of drug-likeness (QED) is 0.655. The summed E-state index contributed by atoms with van der Waals surface area (Å²) in [4.78, 5) is 10.4. The van der Waals surface area contributed by atoms with Crippen LogP contribution in [0.15, 0.2) is 0 Å². The van der Waals surface area contributed by atoms with Crippen molar-refractivity contribution in [2.45, 2.75) is 13.8 Å². The third-order valence-corrected chi connectivity index (χ3v) is 3.65. The first-order chi connectivity index (χ1) is 6.79. The Kier molecular flexibility index (Phi) is 5.33. The summed E-state index contributed by atoms with van der Waals surface area (Å²) < 4.78 is 24.1. The SMILES string of the molecule is C#CCN(CC(=O)O)S(=O)(=O)CC(C)C. The molecular formula is C9H15NO4S. The van der Waals surface area contributed by atoms with Gasteiger partial charge >= 0.3 is 5.97 Å². The van der Waals surface area contributed by atoms with E-state index in [1.165, 1.54) is 0 Å². The van der Waals surface area contributed by atoms with Crippen molar-refractivity contribution >= 4 is 16.0 Å². The van der Waals surface area contributed by atoms with E-state index in [-0.39, 0.29) is 18.2 Å². The van der Waals surface area contributed by atoms with E-state index in [2.05, 4.69) is 5.92 Å². The highest BCUT2D eigenvalue weighted by atomic mass is 32.2. The molecule has 0 atom stereocenters. The second-order valence-corrected chi connectivity index (χ2v) is 5.55. The molecule has 0 aromatic carbocycles. The lowest BCUT2D eigenvalue weighted by Gasteiger charge is -2.18. The summed E-state index contributed by atoms with van der Waals surface area (Å²) in [5.74, 6) is 0.764. The van der Waals surface area contributed by atoms with Crippen LogP contribution in [0.1, 0.15) is 13.8 Å². The fourth-order valence-corrected chi connectivity index (χ4v) is 2.66. The van der Waals surface area contributed by atoms with Crippen molar-refractivity contribution in [2.24, 2.45) is 5.92 Å². The van der Waals surface area contributed by atoms with Crippen molar-refractivity contribution < 1.29 is 18.3 Å². The third kappa shape index (κ3) is 5.40. The molecule has 0 aromatic rings. The molecule has 0 saturated carbocycles. The van der Waals surface area contributed by atoms with Crippen LogP contribution < -0.4 is 0 Å². The smallest absolute Gasteiger partial charge is 0.318 e. The van der Waals surface area contributed by atoms with Gasteiger partial charge < -0.3 is 5.11 Å². The number of carboxylic acids is 1. The monoisotopic (exact) mass is 233 g/mol. The van der Waals surface area contributed by atoms with Gasteiger partial charge in [0, 0.05) is 0 Å². The first-order valence-electron chi connectivity index (χ1n) is 4.42. The molecule has 0 amide bonds. The standard InChI is InChI=1S/C9H15NO4S/c1-4-5-10(6-9(11)12)15(13,14)7-8(2)3/h1,8H,5-7H2,2-3H3,(H,11,12). The molecule has 6 heteroatoms. The van der Waals surface area contributed by atoms with Gasteiger partial charge in [-0.3, -0.25) is 4.79 Å². The summed E-state index contributed by atoms with van der Waals surface area (Å²) in [7, 11) is -3.57. The molecule has 5 nitrogen and oxygen atoms in total. The zero-order valence-corrected chi connectivity index (χ0v) is 9.62. The Balaban J connectivity index is 4.75. The summed E-state index contributed by atoms with van der Waals surface area (Å²) in [6, 6.07) is 0. The first-order valence-corrected chi connectivity index (χ1v) is 6.03. The van der Waals surface area contributed by atoms with Crippen LogP contribution in [0.5, 0.6) is 0 Å². The van der Waals surface area contributed by atoms with Crippen molar-refractivity contribution in [3.63, 3.8) is 0 Å². The minimum Gasteiger partial charge on any atom is -0.480 e. The second-order valence-electron chi connectivity index (χ2n) is 3.54. The van der Waals surface area contributed by atoms with Crippen LogP contribution in [-0.2, 0) is 14.8 Å². The molecule has 0 aliphatic heterocycles. The van der Waals surface area contributed by atoms with E-state index in [1.54, 1.807) is 13.8 Å². The van der Waals surface area contributed by atoms with Gasteiger partial charge in [-0.15, -0.1) is 6.42 Å². The van der Waals surface area contributed by atoms with Gasteiger partial charge in [0.1, 0.15) is 6.54 Å². The molecule has 0 unspecified atom stereocenters. The molecule has 0 saturated heterocycles. The van der Waals surface area contributed by atoms with Crippen molar-refractivity contribution in [3.05, 3.63) is 0 Å². The lowest BCUT2D eigenvalue weighted by atomic mass is 10.3. The Morgan fingerprint density at radius 1 is 1.53 bits per heavy atom. The molecule has 0 aliphatic carbocycles. The van der Waals surface area contributed by atoms with E-state index in [0.717, 1.165) is 4.31 Å². The number of rotatable bonds is 6. The number of hydrogen-bond donors (Lipinski definition) is 1. The molecule has 86 valence electrons. The lowest BCUT2D eigenvalue weighted by molar-refractivity contribution is -0.137. The molecule has 0 aromatic heterocycles. The molecule has 1 N–H and O–H groups in total. The molecule has 0 heterocycles. The van der Waals surface area contributed by atoms with Crippen molar-refractivity contribution in [2.75, 3.05) is 18.8 Å². The van der Waals surface area contributed by atoms with E-state index < -0.39 is 22.5 Å². The molecule has 0 bridgehead atoms. The molecule has 0 spiro atoms. The van der Waals surface area contributed by atoms with Crippen LogP contribution in [0.2, 0.25) is 0 Å². The number of aliphatic carboxylic acids is 1. The average Bonchev–Trinajstić information content (AvgIpc) is 2.00. The highest BCUT2D eigenvalue weighted by molar-refractivity contribution is 7.89. The van der Waals surface area contributed by atoms with Gasteiger partial charge in [0.2, 0.25) is 10.0 Å². The Morgan fingerprint density at radius 2 is 2.07 bits per heavy atom. The molecular weight excluding hydrogens is 218 g/mol. The van der Waals surface area contributed by atoms with E-state index in [0.29, 0.717) is 0 Å². The van der Waals surface area contributed by atoms with Gasteiger partial charge in [0.15, 0.2) is 0 Å². The van der Waals surface area contributed by atoms with E-state index in [9.17, 15) is 13.2 Å². The predicted octanol–water partition coefficient (Wildman–Crippen LogP) is -0.00800. The minimum atomic E-state index is -3.57. The predicted molar refractivity (Wildman–Crippen MR) is 56.7 cm³/mol. The van der Waals surface area contributed by atoms with Crippen molar-refractivity contribution in [3.8, 4) is 12.3 Å². The van der Waals surface area contributed by atoms with Crippen LogP contribution >= 0.6 is 0 Å². The van der Waals surface area contributed by atoms with Crippen molar-refractivity contribution in [1.29, 1.82) is 0 Å². The number of hydrogen-bond acceptors (Lipinski definition) is 3. The Labute approximate surface area is 90.1 Å². The van der Waals surface area contributed by atoms with Gasteiger partial charge in [-0.2, -0.15) is 4.31 Å². The van der Waals surface area contributed by atoms with E-state index in [4.69, 9.17) is 11.5 Å². The van der Waals surface area contributed by atoms with Crippen LogP contribution in [0.3, 0.4) is 0 Å². The van der Waals surface area contributed by atoms with Crippen LogP contribution in [0.25, 0.3) is 0 Å². The highest BCUT2D eigenvalue weighted by Gasteiger charge is 2.24. The van der Waals surface area contributed by atoms with E-state index in [1.807, 2.05) is 0 Å². The third-order valence-electron chi connectivity index (χ3n) is 1.52. The van der Waals surface area contributed by atoms with Gasteiger partial charge in [0.05, 0.1) is 12.3 Å². The van der Waals surface area contributed by atoms with Crippen molar-refractivity contribution in [1.82, 2.24) is 4.31 Å². The number of nitrogens with zero attached hydrogens (tertiary/aromatic N) is 1. The maximum atomic E-state index is 11.6. The summed E-state index contributed by atoms with van der Waals surface area (Å²) in [5, 5.41) is 8.53. The lowest BCUT2D eigenvalue weighted by Crippen LogP contribution is -2.38. The molecule has 0 rings (SSSR count). The second kappa shape index (κ2) is 5.73. The maximum Gasteiger partial charge on any atom is 0.318 e. The van der Waals surface area contributed by atoms with E-state index >= 15 is 0 Å². The molecule has 0 radical (unpaired) electrons. The normalized spacial score (nSPS) is 11.7. The Bertz CT molecular complexity index is 353. The van der Waals surface area contributed by atoms with Gasteiger partial charge in [-0.05, 0) is 5.92 Å².